The molecule has 11 heavy (non-hydrogen) atoms. The Kier molecular flexibility index (Phi) is 2.92. The third-order valence-electron chi connectivity index (χ3n) is 2.44. The van der Waals surface area contributed by atoms with Gasteiger partial charge in [-0.3, -0.25) is 4.79 Å². The number of carbonyl (C=O) groups is 1. The van der Waals surface area contributed by atoms with Gasteiger partial charge in [-0.15, -0.1) is 0 Å². The first-order valence-electron chi connectivity index (χ1n) is 4.46. The molecule has 2 unspecified atom stereocenters. The number of hydrogen-bond donors (Lipinski definition) is 0. The molecule has 0 saturated carbocycles. The average Bonchev–Trinajstić information content (AvgIpc) is 2.34. The van der Waals surface area contributed by atoms with Crippen molar-refractivity contribution >= 4 is 5.97 Å². The highest BCUT2D eigenvalue weighted by Gasteiger charge is 2.34. The summed E-state index contributed by atoms with van der Waals surface area (Å²) in [6.45, 7) is 4.88. The van der Waals surface area contributed by atoms with Crippen molar-refractivity contribution in [1.82, 2.24) is 0 Å². The number of cyclic esters (lactones) is 1. The van der Waals surface area contributed by atoms with E-state index in [9.17, 15) is 4.79 Å². The normalized spacial score (nSPS) is 30.5. The molecule has 0 amide bonds. The minimum Gasteiger partial charge on any atom is -0.465 e. The molecule has 64 valence electrons. The highest BCUT2D eigenvalue weighted by molar-refractivity contribution is 5.74. The van der Waals surface area contributed by atoms with Crippen molar-refractivity contribution in [3.05, 3.63) is 0 Å². The second-order valence-corrected chi connectivity index (χ2v) is 3.19. The van der Waals surface area contributed by atoms with Crippen molar-refractivity contribution in [2.45, 2.75) is 33.1 Å². The SMILES string of the molecule is CCCC1C(=O)OCC1CC. The molecule has 2 heteroatoms. The lowest BCUT2D eigenvalue weighted by atomic mass is 9.89. The van der Waals surface area contributed by atoms with E-state index < -0.39 is 0 Å². The van der Waals surface area contributed by atoms with Crippen LogP contribution in [0.4, 0.5) is 0 Å². The Morgan fingerprint density at radius 3 is 2.82 bits per heavy atom. The van der Waals surface area contributed by atoms with Crippen molar-refractivity contribution in [3.8, 4) is 0 Å². The highest BCUT2D eigenvalue weighted by Crippen LogP contribution is 2.28. The fourth-order valence-corrected chi connectivity index (χ4v) is 1.67. The third-order valence-corrected chi connectivity index (χ3v) is 2.44. The van der Waals surface area contributed by atoms with Gasteiger partial charge in [-0.1, -0.05) is 20.3 Å². The van der Waals surface area contributed by atoms with E-state index in [0.29, 0.717) is 12.5 Å². The summed E-state index contributed by atoms with van der Waals surface area (Å²) in [5, 5.41) is 0. The minimum absolute atomic E-state index is 0.0266. The summed E-state index contributed by atoms with van der Waals surface area (Å²) in [6, 6.07) is 0. The van der Waals surface area contributed by atoms with Crippen LogP contribution < -0.4 is 0 Å². The Morgan fingerprint density at radius 2 is 2.27 bits per heavy atom. The van der Waals surface area contributed by atoms with Crippen molar-refractivity contribution in [1.29, 1.82) is 0 Å². The molecule has 2 nitrogen and oxygen atoms in total. The van der Waals surface area contributed by atoms with Gasteiger partial charge in [-0.05, 0) is 12.8 Å². The maximum Gasteiger partial charge on any atom is 0.309 e. The summed E-state index contributed by atoms with van der Waals surface area (Å²) in [7, 11) is 0. The fraction of sp³-hybridized carbons (Fsp3) is 0.889. The number of esters is 1. The summed E-state index contributed by atoms with van der Waals surface area (Å²) >= 11 is 0. The Bertz CT molecular complexity index is 142. The largest absolute Gasteiger partial charge is 0.465 e. The van der Waals surface area contributed by atoms with Crippen LogP contribution in [-0.4, -0.2) is 12.6 Å². The molecule has 0 aromatic heterocycles. The maximum atomic E-state index is 11.1. The number of hydrogen-bond acceptors (Lipinski definition) is 2. The lowest BCUT2D eigenvalue weighted by molar-refractivity contribution is -0.141. The lowest BCUT2D eigenvalue weighted by Crippen LogP contribution is -2.14. The lowest BCUT2D eigenvalue weighted by Gasteiger charge is -2.10. The van der Waals surface area contributed by atoms with E-state index >= 15 is 0 Å². The van der Waals surface area contributed by atoms with Gasteiger partial charge in [0.2, 0.25) is 0 Å². The first kappa shape index (κ1) is 8.57. The number of carbonyl (C=O) groups excluding carboxylic acids is 1. The van der Waals surface area contributed by atoms with Gasteiger partial charge >= 0.3 is 5.97 Å². The topological polar surface area (TPSA) is 26.3 Å². The zero-order chi connectivity index (χ0) is 8.27. The predicted octanol–water partition coefficient (Wildman–Crippen LogP) is 1.99. The molecule has 0 bridgehead atoms. The first-order valence-corrected chi connectivity index (χ1v) is 4.46. The van der Waals surface area contributed by atoms with Gasteiger partial charge in [-0.2, -0.15) is 0 Å². The van der Waals surface area contributed by atoms with Crippen LogP contribution in [0.25, 0.3) is 0 Å². The van der Waals surface area contributed by atoms with E-state index in [0.717, 1.165) is 19.3 Å². The Balaban J connectivity index is 2.49. The molecule has 0 aromatic rings. The van der Waals surface area contributed by atoms with Crippen LogP contribution >= 0.6 is 0 Å². The molecule has 2 atom stereocenters. The van der Waals surface area contributed by atoms with Crippen LogP contribution in [0.1, 0.15) is 33.1 Å². The van der Waals surface area contributed by atoms with E-state index in [-0.39, 0.29) is 11.9 Å². The van der Waals surface area contributed by atoms with Gasteiger partial charge < -0.3 is 4.74 Å². The van der Waals surface area contributed by atoms with Crippen LogP contribution in [0.5, 0.6) is 0 Å². The van der Waals surface area contributed by atoms with Crippen molar-refractivity contribution < 1.29 is 9.53 Å². The number of ether oxygens (including phenoxy) is 1. The number of rotatable bonds is 3. The molecular formula is C9H16O2. The van der Waals surface area contributed by atoms with Crippen LogP contribution in [-0.2, 0) is 9.53 Å². The molecule has 0 spiro atoms. The second kappa shape index (κ2) is 3.74. The van der Waals surface area contributed by atoms with Gasteiger partial charge in [-0.25, -0.2) is 0 Å². The molecule has 1 aliphatic heterocycles. The molecule has 1 saturated heterocycles. The van der Waals surface area contributed by atoms with Gasteiger partial charge in [0.1, 0.15) is 0 Å². The van der Waals surface area contributed by atoms with Gasteiger partial charge in [0, 0.05) is 5.92 Å². The van der Waals surface area contributed by atoms with Gasteiger partial charge in [0.15, 0.2) is 0 Å². The van der Waals surface area contributed by atoms with E-state index in [2.05, 4.69) is 13.8 Å². The Labute approximate surface area is 67.9 Å². The summed E-state index contributed by atoms with van der Waals surface area (Å²) < 4.78 is 4.98. The quantitative estimate of drug-likeness (QED) is 0.584. The molecule has 1 heterocycles. The minimum atomic E-state index is 0.0266. The maximum absolute atomic E-state index is 11.1. The first-order chi connectivity index (χ1) is 5.29. The fourth-order valence-electron chi connectivity index (χ4n) is 1.67. The molecule has 1 fully saturated rings. The van der Waals surface area contributed by atoms with Crippen LogP contribution in [0.2, 0.25) is 0 Å². The Hall–Kier alpha value is -0.530. The standard InChI is InChI=1S/C9H16O2/c1-3-5-8-7(4-2)6-11-9(8)10/h7-8H,3-6H2,1-2H3. The van der Waals surface area contributed by atoms with Gasteiger partial charge in [0.05, 0.1) is 12.5 Å². The summed E-state index contributed by atoms with van der Waals surface area (Å²) in [5.41, 5.74) is 0. The van der Waals surface area contributed by atoms with Crippen molar-refractivity contribution in [2.75, 3.05) is 6.61 Å². The second-order valence-electron chi connectivity index (χ2n) is 3.19. The van der Waals surface area contributed by atoms with Gasteiger partial charge in [0.25, 0.3) is 0 Å². The molecule has 0 aliphatic carbocycles. The zero-order valence-corrected chi connectivity index (χ0v) is 7.30. The van der Waals surface area contributed by atoms with E-state index in [4.69, 9.17) is 4.74 Å². The molecule has 1 rings (SSSR count). The highest BCUT2D eigenvalue weighted by atomic mass is 16.5. The Morgan fingerprint density at radius 1 is 1.55 bits per heavy atom. The van der Waals surface area contributed by atoms with Crippen molar-refractivity contribution in [3.63, 3.8) is 0 Å². The predicted molar refractivity (Wildman–Crippen MR) is 43.1 cm³/mol. The molecular weight excluding hydrogens is 140 g/mol. The molecule has 0 radical (unpaired) electrons. The summed E-state index contributed by atoms with van der Waals surface area (Å²) in [5.74, 6) is 0.714. The summed E-state index contributed by atoms with van der Waals surface area (Å²) in [6.07, 6.45) is 3.14. The molecule has 0 N–H and O–H groups in total. The van der Waals surface area contributed by atoms with Crippen LogP contribution in [0.3, 0.4) is 0 Å². The van der Waals surface area contributed by atoms with Crippen LogP contribution in [0.15, 0.2) is 0 Å². The van der Waals surface area contributed by atoms with E-state index in [1.54, 1.807) is 0 Å². The zero-order valence-electron chi connectivity index (χ0n) is 7.30. The summed E-state index contributed by atoms with van der Waals surface area (Å²) in [4.78, 5) is 11.1. The van der Waals surface area contributed by atoms with Crippen molar-refractivity contribution in [2.24, 2.45) is 11.8 Å². The van der Waals surface area contributed by atoms with E-state index in [1.807, 2.05) is 0 Å². The third kappa shape index (κ3) is 1.73. The molecule has 1 aliphatic rings. The monoisotopic (exact) mass is 156 g/mol. The molecule has 0 aromatic carbocycles. The average molecular weight is 156 g/mol. The smallest absolute Gasteiger partial charge is 0.309 e. The van der Waals surface area contributed by atoms with Crippen LogP contribution in [0, 0.1) is 11.8 Å². The van der Waals surface area contributed by atoms with E-state index in [1.165, 1.54) is 0 Å².